The van der Waals surface area contributed by atoms with Crippen LogP contribution < -0.4 is 11.1 Å². The summed E-state index contributed by atoms with van der Waals surface area (Å²) in [6.07, 6.45) is 0.730. The highest BCUT2D eigenvalue weighted by Crippen LogP contribution is 2.20. The Hall–Kier alpha value is -1.35. The molecule has 1 amide bonds. The predicted molar refractivity (Wildman–Crippen MR) is 81.2 cm³/mol. The number of carbonyl (C=O) groups excluding carboxylic acids is 1. The average Bonchev–Trinajstić information content (AvgIpc) is 2.36. The van der Waals surface area contributed by atoms with Crippen molar-refractivity contribution in [1.29, 1.82) is 0 Å². The first-order valence-electron chi connectivity index (χ1n) is 7.06. The summed E-state index contributed by atoms with van der Waals surface area (Å²) in [5.74, 6) is 0.858. The first-order valence-corrected chi connectivity index (χ1v) is 7.06. The number of rotatable bonds is 6. The van der Waals surface area contributed by atoms with E-state index in [-0.39, 0.29) is 11.8 Å². The van der Waals surface area contributed by atoms with Crippen LogP contribution >= 0.6 is 0 Å². The van der Waals surface area contributed by atoms with Crippen LogP contribution in [-0.4, -0.2) is 12.5 Å². The third-order valence-corrected chi connectivity index (χ3v) is 3.46. The van der Waals surface area contributed by atoms with Crippen molar-refractivity contribution in [2.75, 3.05) is 11.9 Å². The Bertz CT molecular complexity index is 396. The summed E-state index contributed by atoms with van der Waals surface area (Å²) in [7, 11) is 0. The van der Waals surface area contributed by atoms with E-state index in [2.05, 4.69) is 45.1 Å². The van der Waals surface area contributed by atoms with Gasteiger partial charge in [-0.15, -0.1) is 0 Å². The Balaban J connectivity index is 2.69. The van der Waals surface area contributed by atoms with Crippen molar-refractivity contribution >= 4 is 11.6 Å². The highest BCUT2D eigenvalue weighted by Gasteiger charge is 2.21. The van der Waals surface area contributed by atoms with E-state index in [0.29, 0.717) is 18.4 Å². The van der Waals surface area contributed by atoms with E-state index in [1.54, 1.807) is 0 Å². The minimum Gasteiger partial charge on any atom is -0.330 e. The third kappa shape index (κ3) is 4.67. The van der Waals surface area contributed by atoms with Gasteiger partial charge >= 0.3 is 0 Å². The summed E-state index contributed by atoms with van der Waals surface area (Å²) >= 11 is 0. The van der Waals surface area contributed by atoms with Gasteiger partial charge in [0.05, 0.1) is 0 Å². The number of hydrogen-bond donors (Lipinski definition) is 2. The van der Waals surface area contributed by atoms with Gasteiger partial charge in [-0.05, 0) is 42.5 Å². The minimum absolute atomic E-state index is 0.0187. The van der Waals surface area contributed by atoms with Crippen molar-refractivity contribution in [3.8, 4) is 0 Å². The molecule has 1 atom stereocenters. The quantitative estimate of drug-likeness (QED) is 0.826. The zero-order chi connectivity index (χ0) is 14.4. The number of anilines is 1. The molecule has 0 radical (unpaired) electrons. The Morgan fingerprint density at radius 1 is 1.16 bits per heavy atom. The van der Waals surface area contributed by atoms with E-state index in [1.165, 1.54) is 5.56 Å². The summed E-state index contributed by atoms with van der Waals surface area (Å²) in [4.78, 5) is 12.2. The predicted octanol–water partition coefficient (Wildman–Crippen LogP) is 3.37. The molecule has 0 aliphatic rings. The Morgan fingerprint density at radius 3 is 2.16 bits per heavy atom. The lowest BCUT2D eigenvalue weighted by Crippen LogP contribution is -2.29. The van der Waals surface area contributed by atoms with Crippen LogP contribution in [0.3, 0.4) is 0 Å². The van der Waals surface area contributed by atoms with Gasteiger partial charge in [-0.1, -0.05) is 39.8 Å². The fraction of sp³-hybridized carbons (Fsp3) is 0.562. The van der Waals surface area contributed by atoms with E-state index in [9.17, 15) is 4.79 Å². The molecule has 0 fully saturated rings. The summed E-state index contributed by atoms with van der Waals surface area (Å²) in [6, 6.07) is 8.06. The molecular formula is C16H26N2O. The van der Waals surface area contributed by atoms with Crippen molar-refractivity contribution in [2.24, 2.45) is 17.6 Å². The Kier molecular flexibility index (Phi) is 6.03. The van der Waals surface area contributed by atoms with Gasteiger partial charge in [0.1, 0.15) is 0 Å². The van der Waals surface area contributed by atoms with Crippen molar-refractivity contribution < 1.29 is 4.79 Å². The second kappa shape index (κ2) is 7.29. The van der Waals surface area contributed by atoms with Crippen LogP contribution in [0, 0.1) is 11.8 Å². The van der Waals surface area contributed by atoms with Crippen LogP contribution in [0.5, 0.6) is 0 Å². The van der Waals surface area contributed by atoms with Crippen LogP contribution in [0.2, 0.25) is 0 Å². The van der Waals surface area contributed by atoms with Gasteiger partial charge in [0.25, 0.3) is 0 Å². The zero-order valence-electron chi connectivity index (χ0n) is 12.4. The second-order valence-corrected chi connectivity index (χ2v) is 5.69. The van der Waals surface area contributed by atoms with E-state index in [4.69, 9.17) is 5.73 Å². The first-order chi connectivity index (χ1) is 8.95. The number of carbonyl (C=O) groups is 1. The van der Waals surface area contributed by atoms with Crippen molar-refractivity contribution in [3.05, 3.63) is 29.8 Å². The van der Waals surface area contributed by atoms with Gasteiger partial charge in [-0.25, -0.2) is 0 Å². The molecule has 1 aromatic carbocycles. The average molecular weight is 262 g/mol. The molecule has 1 unspecified atom stereocenters. The number of hydrogen-bond acceptors (Lipinski definition) is 2. The zero-order valence-corrected chi connectivity index (χ0v) is 12.4. The molecule has 19 heavy (non-hydrogen) atoms. The van der Waals surface area contributed by atoms with Gasteiger partial charge in [-0.3, -0.25) is 4.79 Å². The van der Waals surface area contributed by atoms with Crippen LogP contribution in [0.1, 0.15) is 45.6 Å². The monoisotopic (exact) mass is 262 g/mol. The van der Waals surface area contributed by atoms with Crippen LogP contribution in [0.25, 0.3) is 0 Å². The summed E-state index contributed by atoms with van der Waals surface area (Å²) in [6.45, 7) is 8.97. The molecule has 0 heterocycles. The van der Waals surface area contributed by atoms with Crippen LogP contribution in [-0.2, 0) is 4.79 Å². The van der Waals surface area contributed by atoms with Gasteiger partial charge in [0, 0.05) is 11.6 Å². The van der Waals surface area contributed by atoms with Crippen molar-refractivity contribution in [1.82, 2.24) is 0 Å². The molecule has 0 bridgehead atoms. The van der Waals surface area contributed by atoms with Crippen molar-refractivity contribution in [3.63, 3.8) is 0 Å². The topological polar surface area (TPSA) is 55.1 Å². The smallest absolute Gasteiger partial charge is 0.227 e. The lowest BCUT2D eigenvalue weighted by Gasteiger charge is -2.19. The number of nitrogens with one attached hydrogen (secondary N) is 1. The molecule has 3 N–H and O–H groups in total. The molecule has 0 spiro atoms. The Morgan fingerprint density at radius 2 is 1.74 bits per heavy atom. The van der Waals surface area contributed by atoms with E-state index in [0.717, 1.165) is 12.1 Å². The molecule has 1 aromatic rings. The fourth-order valence-electron chi connectivity index (χ4n) is 2.13. The number of nitrogens with two attached hydrogens (primary N) is 1. The van der Waals surface area contributed by atoms with Crippen molar-refractivity contribution in [2.45, 2.75) is 40.0 Å². The molecular weight excluding hydrogens is 236 g/mol. The van der Waals surface area contributed by atoms with E-state index < -0.39 is 0 Å². The SMILES string of the molecule is CC(C)c1ccc(NC(=O)C(CCN)C(C)C)cc1. The fourth-order valence-corrected chi connectivity index (χ4v) is 2.13. The van der Waals surface area contributed by atoms with Crippen LogP contribution in [0.4, 0.5) is 5.69 Å². The molecule has 0 saturated carbocycles. The van der Waals surface area contributed by atoms with Gasteiger partial charge in [-0.2, -0.15) is 0 Å². The van der Waals surface area contributed by atoms with Gasteiger partial charge < -0.3 is 11.1 Å². The summed E-state index contributed by atoms with van der Waals surface area (Å²) in [5, 5.41) is 2.98. The first kappa shape index (κ1) is 15.7. The van der Waals surface area contributed by atoms with E-state index >= 15 is 0 Å². The highest BCUT2D eigenvalue weighted by molar-refractivity contribution is 5.92. The molecule has 3 nitrogen and oxygen atoms in total. The number of amides is 1. The molecule has 1 rings (SSSR count). The number of benzene rings is 1. The molecule has 0 aliphatic heterocycles. The van der Waals surface area contributed by atoms with Gasteiger partial charge in [0.2, 0.25) is 5.91 Å². The summed E-state index contributed by atoms with van der Waals surface area (Å²) < 4.78 is 0. The molecule has 0 aliphatic carbocycles. The van der Waals surface area contributed by atoms with Gasteiger partial charge in [0.15, 0.2) is 0 Å². The summed E-state index contributed by atoms with van der Waals surface area (Å²) in [5.41, 5.74) is 7.71. The maximum Gasteiger partial charge on any atom is 0.227 e. The molecule has 0 aromatic heterocycles. The molecule has 106 valence electrons. The molecule has 0 saturated heterocycles. The normalized spacial score (nSPS) is 12.8. The lowest BCUT2D eigenvalue weighted by atomic mass is 9.91. The third-order valence-electron chi connectivity index (χ3n) is 3.46. The van der Waals surface area contributed by atoms with E-state index in [1.807, 2.05) is 12.1 Å². The second-order valence-electron chi connectivity index (χ2n) is 5.69. The largest absolute Gasteiger partial charge is 0.330 e. The van der Waals surface area contributed by atoms with Crippen LogP contribution in [0.15, 0.2) is 24.3 Å². The standard InChI is InChI=1S/C16H26N2O/c1-11(2)13-5-7-14(8-6-13)18-16(19)15(9-10-17)12(3)4/h5-8,11-12,15H,9-10,17H2,1-4H3,(H,18,19). The lowest BCUT2D eigenvalue weighted by molar-refractivity contribution is -0.121. The minimum atomic E-state index is -0.0187. The Labute approximate surface area is 116 Å². The maximum atomic E-state index is 12.2. The highest BCUT2D eigenvalue weighted by atomic mass is 16.1. The maximum absolute atomic E-state index is 12.2. The molecule has 3 heteroatoms.